The Balaban J connectivity index is 2.02. The van der Waals surface area contributed by atoms with Crippen LogP contribution in [0.2, 0.25) is 0 Å². The van der Waals surface area contributed by atoms with Crippen molar-refractivity contribution in [2.45, 2.75) is 32.7 Å². The lowest BCUT2D eigenvalue weighted by molar-refractivity contribution is 0.608. The summed E-state index contributed by atoms with van der Waals surface area (Å²) in [5.74, 6) is 0.649. The van der Waals surface area contributed by atoms with Crippen molar-refractivity contribution in [2.24, 2.45) is 5.92 Å². The van der Waals surface area contributed by atoms with E-state index in [-0.39, 0.29) is 0 Å². The fraction of sp³-hybridized carbons (Fsp3) is 0.500. The van der Waals surface area contributed by atoms with E-state index in [1.54, 1.807) is 11.3 Å². The van der Waals surface area contributed by atoms with Gasteiger partial charge in [-0.05, 0) is 30.9 Å². The molecular weight excluding hydrogens is 242 g/mol. The lowest BCUT2D eigenvalue weighted by Crippen LogP contribution is -2.30. The Hall–Kier alpha value is -1.29. The number of fused-ring (bicyclic) bond motifs is 1. The van der Waals surface area contributed by atoms with Crippen LogP contribution in [0, 0.1) is 5.92 Å². The highest BCUT2D eigenvalue weighted by Crippen LogP contribution is 2.38. The first-order valence-electron chi connectivity index (χ1n) is 6.55. The van der Waals surface area contributed by atoms with Gasteiger partial charge in [0.1, 0.15) is 5.52 Å². The largest absolute Gasteiger partial charge is 0.395 e. The summed E-state index contributed by atoms with van der Waals surface area (Å²) in [4.78, 5) is 6.86. The van der Waals surface area contributed by atoms with Gasteiger partial charge in [0, 0.05) is 12.6 Å². The Labute approximate surface area is 112 Å². The third-order valence-electron chi connectivity index (χ3n) is 3.38. The highest BCUT2D eigenvalue weighted by atomic mass is 32.1. The zero-order valence-corrected chi connectivity index (χ0v) is 11.7. The number of hydrogen-bond donors (Lipinski definition) is 1. The van der Waals surface area contributed by atoms with Gasteiger partial charge in [0.25, 0.3) is 0 Å². The van der Waals surface area contributed by atoms with Crippen molar-refractivity contribution in [1.82, 2.24) is 4.98 Å². The molecule has 4 heteroatoms. The number of anilines is 2. The van der Waals surface area contributed by atoms with Gasteiger partial charge in [-0.3, -0.25) is 0 Å². The molecule has 1 aromatic heterocycles. The smallest absolute Gasteiger partial charge is 0.106 e. The first-order chi connectivity index (χ1) is 8.66. The van der Waals surface area contributed by atoms with Gasteiger partial charge in [-0.15, -0.1) is 11.3 Å². The van der Waals surface area contributed by atoms with Crippen LogP contribution >= 0.6 is 11.3 Å². The molecule has 0 saturated heterocycles. The highest BCUT2D eigenvalue weighted by Gasteiger charge is 2.31. The monoisotopic (exact) mass is 261 g/mol. The number of hydrogen-bond acceptors (Lipinski definition) is 4. The Bertz CT molecular complexity index is 557. The molecule has 96 valence electrons. The minimum absolute atomic E-state index is 0.649. The standard InChI is InChI=1S/C14H19N3S/c1-9(2)7-17(10-3-4-10)11-5-6-12-14(13(11)15)16-8-18-12/h5-6,8-10H,3-4,7,15H2,1-2H3. The first kappa shape index (κ1) is 11.8. The van der Waals surface area contributed by atoms with Crippen LogP contribution in [0.3, 0.4) is 0 Å². The summed E-state index contributed by atoms with van der Waals surface area (Å²) < 4.78 is 1.18. The van der Waals surface area contributed by atoms with Crippen molar-refractivity contribution in [2.75, 3.05) is 17.2 Å². The number of rotatable bonds is 4. The van der Waals surface area contributed by atoms with Crippen LogP contribution in [0.25, 0.3) is 10.2 Å². The molecule has 3 rings (SSSR count). The number of aromatic nitrogens is 1. The average Bonchev–Trinajstić information content (AvgIpc) is 3.05. The maximum absolute atomic E-state index is 6.31. The molecule has 1 aliphatic rings. The minimum Gasteiger partial charge on any atom is -0.395 e. The fourth-order valence-corrected chi connectivity index (χ4v) is 3.11. The van der Waals surface area contributed by atoms with Gasteiger partial charge in [0.15, 0.2) is 0 Å². The van der Waals surface area contributed by atoms with E-state index >= 15 is 0 Å². The van der Waals surface area contributed by atoms with E-state index in [1.807, 2.05) is 5.51 Å². The molecule has 18 heavy (non-hydrogen) atoms. The van der Waals surface area contributed by atoms with Crippen LogP contribution < -0.4 is 10.6 Å². The molecule has 1 saturated carbocycles. The molecule has 0 spiro atoms. The van der Waals surface area contributed by atoms with Crippen molar-refractivity contribution >= 4 is 32.9 Å². The third kappa shape index (κ3) is 2.05. The van der Waals surface area contributed by atoms with Gasteiger partial charge < -0.3 is 10.6 Å². The summed E-state index contributed by atoms with van der Waals surface area (Å²) in [5.41, 5.74) is 11.2. The minimum atomic E-state index is 0.649. The van der Waals surface area contributed by atoms with Gasteiger partial charge in [-0.2, -0.15) is 0 Å². The van der Waals surface area contributed by atoms with E-state index in [0.717, 1.165) is 17.7 Å². The molecule has 2 N–H and O–H groups in total. The summed E-state index contributed by atoms with van der Waals surface area (Å²) in [6.07, 6.45) is 2.59. The summed E-state index contributed by atoms with van der Waals surface area (Å²) in [5, 5.41) is 0. The van der Waals surface area contributed by atoms with Crippen molar-refractivity contribution < 1.29 is 0 Å². The quantitative estimate of drug-likeness (QED) is 0.856. The van der Waals surface area contributed by atoms with Crippen LogP contribution in [0.5, 0.6) is 0 Å². The van der Waals surface area contributed by atoms with E-state index in [0.29, 0.717) is 12.0 Å². The van der Waals surface area contributed by atoms with E-state index in [1.165, 1.54) is 23.2 Å². The van der Waals surface area contributed by atoms with Gasteiger partial charge in [-0.1, -0.05) is 13.8 Å². The molecule has 1 aliphatic carbocycles. The van der Waals surface area contributed by atoms with Gasteiger partial charge in [0.05, 0.1) is 21.6 Å². The second kappa shape index (κ2) is 4.43. The van der Waals surface area contributed by atoms with Crippen LogP contribution in [-0.4, -0.2) is 17.6 Å². The predicted octanol–water partition coefficient (Wildman–Crippen LogP) is 3.50. The van der Waals surface area contributed by atoms with Crippen LogP contribution in [0.1, 0.15) is 26.7 Å². The molecule has 0 unspecified atom stereocenters. The molecule has 2 aromatic rings. The molecular formula is C14H19N3S. The zero-order chi connectivity index (χ0) is 12.7. The normalized spacial score (nSPS) is 15.5. The number of nitrogen functional groups attached to an aromatic ring is 1. The molecule has 0 radical (unpaired) electrons. The lowest BCUT2D eigenvalue weighted by atomic mass is 10.1. The average molecular weight is 261 g/mol. The molecule has 1 fully saturated rings. The van der Waals surface area contributed by atoms with E-state index < -0.39 is 0 Å². The topological polar surface area (TPSA) is 42.2 Å². The third-order valence-corrected chi connectivity index (χ3v) is 4.17. The Morgan fingerprint density at radius 1 is 1.44 bits per heavy atom. The molecule has 0 bridgehead atoms. The van der Waals surface area contributed by atoms with Crippen molar-refractivity contribution in [1.29, 1.82) is 0 Å². The Morgan fingerprint density at radius 3 is 2.89 bits per heavy atom. The zero-order valence-electron chi connectivity index (χ0n) is 10.9. The fourth-order valence-electron chi connectivity index (χ4n) is 2.42. The second-order valence-corrected chi connectivity index (χ2v) is 6.36. The number of thiazole rings is 1. The van der Waals surface area contributed by atoms with E-state index in [9.17, 15) is 0 Å². The molecule has 0 aliphatic heterocycles. The molecule has 0 amide bonds. The summed E-state index contributed by atoms with van der Waals surface area (Å²) >= 11 is 1.65. The van der Waals surface area contributed by atoms with Crippen molar-refractivity contribution in [3.05, 3.63) is 17.6 Å². The van der Waals surface area contributed by atoms with Crippen LogP contribution in [0.4, 0.5) is 11.4 Å². The van der Waals surface area contributed by atoms with Crippen molar-refractivity contribution in [3.63, 3.8) is 0 Å². The first-order valence-corrected chi connectivity index (χ1v) is 7.43. The molecule has 1 aromatic carbocycles. The maximum Gasteiger partial charge on any atom is 0.106 e. The van der Waals surface area contributed by atoms with Gasteiger partial charge in [-0.25, -0.2) is 4.98 Å². The van der Waals surface area contributed by atoms with Crippen molar-refractivity contribution in [3.8, 4) is 0 Å². The van der Waals surface area contributed by atoms with E-state index in [4.69, 9.17) is 5.73 Å². The number of benzene rings is 1. The predicted molar refractivity (Wildman–Crippen MR) is 79.2 cm³/mol. The molecule has 1 heterocycles. The summed E-state index contributed by atoms with van der Waals surface area (Å²) in [6, 6.07) is 5.00. The summed E-state index contributed by atoms with van der Waals surface area (Å²) in [7, 11) is 0. The SMILES string of the molecule is CC(C)CN(c1ccc2scnc2c1N)C1CC1. The highest BCUT2D eigenvalue weighted by molar-refractivity contribution is 7.16. The Morgan fingerprint density at radius 2 is 2.22 bits per heavy atom. The van der Waals surface area contributed by atoms with Gasteiger partial charge >= 0.3 is 0 Å². The second-order valence-electron chi connectivity index (χ2n) is 5.47. The summed E-state index contributed by atoms with van der Waals surface area (Å²) in [6.45, 7) is 5.59. The lowest BCUT2D eigenvalue weighted by Gasteiger charge is -2.28. The van der Waals surface area contributed by atoms with E-state index in [2.05, 4.69) is 35.9 Å². The van der Waals surface area contributed by atoms with Gasteiger partial charge in [0.2, 0.25) is 0 Å². The number of nitrogens with zero attached hydrogens (tertiary/aromatic N) is 2. The molecule has 0 atom stereocenters. The molecule has 3 nitrogen and oxygen atoms in total. The maximum atomic E-state index is 6.31. The van der Waals surface area contributed by atoms with Crippen LogP contribution in [0.15, 0.2) is 17.6 Å². The number of nitrogens with two attached hydrogens (primary N) is 1. The Kier molecular flexibility index (Phi) is 2.90. The van der Waals surface area contributed by atoms with Crippen LogP contribution in [-0.2, 0) is 0 Å².